The fraction of sp³-hybridized carbons (Fsp3) is 0.0444. The summed E-state index contributed by atoms with van der Waals surface area (Å²) in [5, 5.41) is 8.17. The first-order valence-electron chi connectivity index (χ1n) is 19.8. The molecule has 1 aliphatic carbocycles. The molecule has 0 saturated heterocycles. The van der Waals surface area contributed by atoms with Crippen molar-refractivity contribution in [2.45, 2.75) is 13.3 Å². The summed E-state index contributed by atoms with van der Waals surface area (Å²) in [6.07, 6.45) is 0.854. The minimum Gasteiger partial charge on any atom is -0.296 e. The Morgan fingerprint density at radius 3 is 1.58 bits per heavy atom. The molecule has 0 spiro atoms. The molecule has 1 aliphatic rings. The van der Waals surface area contributed by atoms with E-state index >= 15 is 0 Å². The molecule has 1 aromatic heterocycles. The van der Waals surface area contributed by atoms with Gasteiger partial charge < -0.3 is 0 Å². The van der Waals surface area contributed by atoms with Crippen LogP contribution in [0.25, 0.3) is 93.5 Å². The number of hydrogen-bond donors (Lipinski definition) is 0. The average molecular weight is 693 g/mol. The van der Waals surface area contributed by atoms with Gasteiger partial charge in [0.25, 0.3) is 0 Å². The number of aryl methyl sites for hydroxylation is 1. The molecular weight excluding hydrogens is 655 g/mol. The van der Waals surface area contributed by atoms with Crippen LogP contribution in [-0.2, 0) is 6.42 Å². The zero-order valence-electron chi connectivity index (χ0n) is 33.4. The molecule has 0 unspecified atom stereocenters. The molecule has 0 atom stereocenters. The summed E-state index contributed by atoms with van der Waals surface area (Å²) >= 11 is 0. The van der Waals surface area contributed by atoms with Gasteiger partial charge in [-0.1, -0.05) is 108 Å². The predicted octanol–water partition coefficient (Wildman–Crippen LogP) is -1.90. The molecule has 1 heterocycles. The highest BCUT2D eigenvalue weighted by Gasteiger charge is 2.28. The third-order valence-electron chi connectivity index (χ3n) is 13.5. The lowest BCUT2D eigenvalue weighted by Crippen LogP contribution is -2.50. The monoisotopic (exact) mass is 694 g/mol. The van der Waals surface area contributed by atoms with Gasteiger partial charge in [0.15, 0.2) is 0 Å². The molecule has 10 heteroatoms. The Kier molecular flexibility index (Phi) is 7.60. The second-order valence-corrected chi connectivity index (χ2v) is 15.9. The van der Waals surface area contributed by atoms with Crippen molar-refractivity contribution in [2.24, 2.45) is 0 Å². The minimum atomic E-state index is 0.854. The summed E-state index contributed by atoms with van der Waals surface area (Å²) in [7, 11) is 18.7. The first kappa shape index (κ1) is 34.1. The fourth-order valence-corrected chi connectivity index (χ4v) is 10.1. The van der Waals surface area contributed by atoms with Gasteiger partial charge >= 0.3 is 0 Å². The minimum absolute atomic E-state index is 0.854. The van der Waals surface area contributed by atoms with Crippen LogP contribution in [0.15, 0.2) is 103 Å². The van der Waals surface area contributed by atoms with Crippen molar-refractivity contribution >= 4 is 150 Å². The molecule has 0 fully saturated rings. The molecule has 2 nitrogen and oxygen atoms in total. The van der Waals surface area contributed by atoms with Gasteiger partial charge in [-0.25, -0.2) is 4.98 Å². The highest BCUT2D eigenvalue weighted by atomic mass is 15.1. The summed E-state index contributed by atoms with van der Waals surface area (Å²) in [6, 6.07) is 38.5. The first-order chi connectivity index (χ1) is 26.6. The third kappa shape index (κ3) is 4.58. The lowest BCUT2D eigenvalue weighted by Gasteiger charge is -2.28. The van der Waals surface area contributed by atoms with E-state index in [1.165, 1.54) is 121 Å². The maximum atomic E-state index is 5.07. The van der Waals surface area contributed by atoms with Gasteiger partial charge in [0, 0.05) is 12.1 Å². The Morgan fingerprint density at radius 1 is 0.455 bits per heavy atom. The van der Waals surface area contributed by atoms with Crippen LogP contribution in [0.1, 0.15) is 12.7 Å². The molecule has 252 valence electrons. The van der Waals surface area contributed by atoms with Crippen molar-refractivity contribution in [3.05, 3.63) is 109 Å². The maximum Gasteiger partial charge on any atom is 0.139 e. The van der Waals surface area contributed by atoms with Crippen molar-refractivity contribution in [3.63, 3.8) is 0 Å². The van der Waals surface area contributed by atoms with Gasteiger partial charge in [-0.3, -0.25) is 4.57 Å². The second kappa shape index (κ2) is 12.3. The van der Waals surface area contributed by atoms with E-state index in [-0.39, 0.29) is 0 Å². The number of rotatable bonds is 4. The summed E-state index contributed by atoms with van der Waals surface area (Å²) in [6.45, 7) is 2.20. The topological polar surface area (TPSA) is 17.8 Å². The van der Waals surface area contributed by atoms with Crippen LogP contribution in [0.4, 0.5) is 0 Å². The van der Waals surface area contributed by atoms with Crippen molar-refractivity contribution < 1.29 is 0 Å². The van der Waals surface area contributed by atoms with Crippen LogP contribution in [-0.4, -0.2) is 72.3 Å². The van der Waals surface area contributed by atoms with E-state index < -0.39 is 0 Å². The van der Waals surface area contributed by atoms with Crippen LogP contribution in [0.3, 0.4) is 0 Å². The van der Waals surface area contributed by atoms with Gasteiger partial charge in [0.1, 0.15) is 68.6 Å². The van der Waals surface area contributed by atoms with E-state index in [1.54, 1.807) is 0 Å². The largest absolute Gasteiger partial charge is 0.296 e. The van der Waals surface area contributed by atoms with E-state index in [1.807, 2.05) is 0 Å². The van der Waals surface area contributed by atoms with Crippen molar-refractivity contribution in [1.29, 1.82) is 0 Å². The predicted molar refractivity (Wildman–Crippen MR) is 264 cm³/mol. The van der Waals surface area contributed by atoms with E-state index in [4.69, 9.17) is 4.98 Å². The number of imidazole rings is 1. The van der Waals surface area contributed by atoms with Gasteiger partial charge in [0.05, 0.1) is 11.0 Å². The SMILES string of the molecule is Bc1c(B)c(B)c2c(-c3ccc4c5c(cccc35)-c3ccccc3-4)c3c(B)c(B)c(B)c(B)c3c(-c3cccc(-n4c(CC)nc5ccccc54)c3)c2c1B. The van der Waals surface area contributed by atoms with Crippen LogP contribution in [0.2, 0.25) is 0 Å². The lowest BCUT2D eigenvalue weighted by molar-refractivity contribution is 0.908. The molecule has 0 amide bonds. The molecule has 0 bridgehead atoms. The Morgan fingerprint density at radius 2 is 0.964 bits per heavy atom. The number of benzene rings is 8. The summed E-state index contributed by atoms with van der Waals surface area (Å²) in [4.78, 5) is 5.07. The number of fused-ring (bicyclic) bond motifs is 6. The first-order valence-corrected chi connectivity index (χ1v) is 19.8. The van der Waals surface area contributed by atoms with Crippen molar-refractivity contribution in [2.75, 3.05) is 0 Å². The molecule has 10 rings (SSSR count). The summed E-state index contributed by atoms with van der Waals surface area (Å²) < 4.78 is 2.36. The van der Waals surface area contributed by atoms with Gasteiger partial charge in [0.2, 0.25) is 0 Å². The number of nitrogens with zero attached hydrogens (tertiary/aromatic N) is 2. The highest BCUT2D eigenvalue weighted by Crippen LogP contribution is 2.51. The van der Waals surface area contributed by atoms with Gasteiger partial charge in [-0.05, 0) is 101 Å². The normalized spacial score (nSPS) is 12.0. The average Bonchev–Trinajstić information content (AvgIpc) is 3.76. The zero-order chi connectivity index (χ0) is 38.0. The number of para-hydroxylation sites is 2. The number of hydrogen-bond acceptors (Lipinski definition) is 1. The molecule has 55 heavy (non-hydrogen) atoms. The van der Waals surface area contributed by atoms with Crippen LogP contribution in [0, 0.1) is 0 Å². The lowest BCUT2D eigenvalue weighted by atomic mass is 9.59. The van der Waals surface area contributed by atoms with Crippen molar-refractivity contribution in [3.8, 4) is 50.2 Å². The summed E-state index contributed by atoms with van der Waals surface area (Å²) in [5.74, 6) is 1.08. The van der Waals surface area contributed by atoms with Crippen LogP contribution < -0.4 is 43.7 Å². The highest BCUT2D eigenvalue weighted by molar-refractivity contribution is 6.71. The molecule has 0 aliphatic heterocycles. The Labute approximate surface area is 330 Å². The van der Waals surface area contributed by atoms with Crippen LogP contribution in [0.5, 0.6) is 0 Å². The van der Waals surface area contributed by atoms with Gasteiger partial charge in [-0.15, -0.1) is 21.9 Å². The molecule has 0 N–H and O–H groups in total. The Bertz CT molecular complexity index is 3070. The molecule has 0 saturated carbocycles. The van der Waals surface area contributed by atoms with E-state index in [2.05, 4.69) is 177 Å². The second-order valence-electron chi connectivity index (χ2n) is 15.9. The molecule has 9 aromatic rings. The molecule has 8 aromatic carbocycles. The fourth-order valence-electron chi connectivity index (χ4n) is 10.1. The van der Waals surface area contributed by atoms with Crippen molar-refractivity contribution in [1.82, 2.24) is 9.55 Å². The van der Waals surface area contributed by atoms with Gasteiger partial charge in [-0.2, -0.15) is 0 Å². The molecular formula is C45H38B8N2. The maximum absolute atomic E-state index is 5.07. The van der Waals surface area contributed by atoms with E-state index in [9.17, 15) is 0 Å². The quantitative estimate of drug-likeness (QED) is 0.156. The third-order valence-corrected chi connectivity index (χ3v) is 13.5. The van der Waals surface area contributed by atoms with E-state index in [0.29, 0.717) is 0 Å². The van der Waals surface area contributed by atoms with Crippen LogP contribution >= 0.6 is 0 Å². The Balaban J connectivity index is 1.41. The molecule has 0 radical (unpaired) electrons. The summed E-state index contributed by atoms with van der Waals surface area (Å²) in [5.41, 5.74) is 24.9. The number of aromatic nitrogens is 2. The van der Waals surface area contributed by atoms with E-state index in [0.717, 1.165) is 29.0 Å². The smallest absolute Gasteiger partial charge is 0.139 e. The Hall–Kier alpha value is -5.47. The standard InChI is InChI=1S/C45H38B8N2/c1-2-30-54-28-15-5-6-16-29(28)55(30)21-10-7-9-20(19-21)31-34-36(40(48)44(52)42(50)38(34)46)33(37-35(31)39(47)43(51)45(53)41(37)49)27-18-17-26-23-12-4-3-11-22(23)24-13-8-14-25(27)32(24)26/h3-19H,2,46-53H2,1H3. The zero-order valence-corrected chi connectivity index (χ0v) is 33.4.